The maximum absolute atomic E-state index is 11.1. The molecule has 7 unspecified atom stereocenters. The summed E-state index contributed by atoms with van der Waals surface area (Å²) < 4.78 is 32.8. The van der Waals surface area contributed by atoms with Crippen molar-refractivity contribution in [2.45, 2.75) is 340 Å². The van der Waals surface area contributed by atoms with Crippen molar-refractivity contribution in [1.82, 2.24) is 0 Å². The summed E-state index contributed by atoms with van der Waals surface area (Å²) in [7, 11) is 0. The molecule has 0 aliphatic heterocycles. The van der Waals surface area contributed by atoms with Gasteiger partial charge in [0, 0.05) is 108 Å². The second-order valence-corrected chi connectivity index (χ2v) is 32.7. The van der Waals surface area contributed by atoms with Gasteiger partial charge in [-0.15, -0.1) is 6.58 Å². The third-order valence-electron chi connectivity index (χ3n) is 27.3. The molecule has 0 radical (unpaired) electrons. The van der Waals surface area contributed by atoms with Gasteiger partial charge in [-0.2, -0.15) is 0 Å². The summed E-state index contributed by atoms with van der Waals surface area (Å²) >= 11 is 0. The van der Waals surface area contributed by atoms with Crippen molar-refractivity contribution < 1.29 is 67.4 Å². The van der Waals surface area contributed by atoms with Crippen molar-refractivity contribution >= 4 is 35.8 Å². The van der Waals surface area contributed by atoms with Crippen molar-refractivity contribution in [2.75, 3.05) is 0 Å². The quantitative estimate of drug-likeness (QED) is 0.101. The fourth-order valence-corrected chi connectivity index (χ4v) is 22.6. The van der Waals surface area contributed by atoms with E-state index < -0.39 is 0 Å². The number of ether oxygens (including phenoxy) is 6. The van der Waals surface area contributed by atoms with E-state index in [1.807, 2.05) is 26.0 Å². The lowest BCUT2D eigenvalue weighted by molar-refractivity contribution is -0.155. The minimum Gasteiger partial charge on any atom is -0.462 e. The first kappa shape index (κ1) is 80.4. The van der Waals surface area contributed by atoms with E-state index in [9.17, 15) is 39.0 Å². The summed E-state index contributed by atoms with van der Waals surface area (Å²) in [6, 6.07) is 0. The molecule has 12 aliphatic rings. The number of carbonyl (C=O) groups excluding carboxylic acids is 6. The van der Waals surface area contributed by atoms with E-state index in [2.05, 4.69) is 99.6 Å². The Morgan fingerprint density at radius 3 is 1.23 bits per heavy atom. The number of hydrogen-bond acceptors (Lipinski definition) is 14. The Morgan fingerprint density at radius 2 is 0.837 bits per heavy atom. The number of allylic oxidation sites excluding steroid dienone is 9. The van der Waals surface area contributed by atoms with Crippen molar-refractivity contribution in [2.24, 2.45) is 73.9 Å². The summed E-state index contributed by atoms with van der Waals surface area (Å²) in [6.45, 7) is 37.2. The summed E-state index contributed by atoms with van der Waals surface area (Å²) in [6.07, 6.45) is 44.8. The standard InChI is InChI=1S/2C14H22O3.3C14H22O2.C14H21O2/c2*1-4-10-12(16)8-11-13(17-9(2)15)6-5-7-14(10,11)3;4*1-4-11-7-8-12-13(16-10(2)15)6-5-9-14(11,12)3/h2*4,11-13,16H,5-8H2,1-3H3;7,12-13H,4-6,8-9H2,1-3H3;4,12-13H,5-9H2,1-3H3;4,11-13H,1,5-9H2,2-3H3;4,7,12-13H,5-6,8-9H2,1-3H3/q;;;;;+1/b2*10-4+;;11-4+;;11-4-/t11?,12-,13+,14-;11?,12-,13-,14+;2*12?,13-,14+;11?,12?,13-,14+;12?,13-,14+/m100000/s1. The second kappa shape index (κ2) is 34.3. The van der Waals surface area contributed by atoms with Crippen LogP contribution in [0.15, 0.2) is 70.9 Å². The molecule has 14 nitrogen and oxygen atoms in total. The normalized spacial score (nSPS) is 41.5. The van der Waals surface area contributed by atoms with E-state index in [4.69, 9.17) is 28.4 Å². The van der Waals surface area contributed by atoms with Crippen molar-refractivity contribution in [3.8, 4) is 0 Å². The van der Waals surface area contributed by atoms with Gasteiger partial charge in [-0.25, -0.2) is 0 Å². The molecule has 12 aliphatic carbocycles. The first-order valence-electron chi connectivity index (χ1n) is 38.5. The van der Waals surface area contributed by atoms with E-state index >= 15 is 0 Å². The molecule has 12 rings (SSSR count). The minimum atomic E-state index is -0.355. The average molecular weight is 1360 g/mol. The van der Waals surface area contributed by atoms with Gasteiger partial charge in [0.25, 0.3) is 0 Å². The zero-order valence-corrected chi connectivity index (χ0v) is 63.8. The number of esters is 6. The minimum absolute atomic E-state index is 0.0154. The van der Waals surface area contributed by atoms with E-state index in [1.165, 1.54) is 118 Å². The largest absolute Gasteiger partial charge is 0.462 e. The molecular weight excluding hydrogens is 1230 g/mol. The summed E-state index contributed by atoms with van der Waals surface area (Å²) in [5.74, 6) is 2.37. The molecule has 0 amide bonds. The van der Waals surface area contributed by atoms with Crippen LogP contribution in [0, 0.1) is 80.3 Å². The van der Waals surface area contributed by atoms with Crippen molar-refractivity contribution in [3.05, 3.63) is 77.3 Å². The van der Waals surface area contributed by atoms with Gasteiger partial charge in [-0.1, -0.05) is 90.0 Å². The van der Waals surface area contributed by atoms with Crippen LogP contribution >= 0.6 is 0 Å². The molecule has 21 atom stereocenters. The Kier molecular flexibility index (Phi) is 28.2. The molecule has 0 bridgehead atoms. The van der Waals surface area contributed by atoms with Crippen molar-refractivity contribution in [3.63, 3.8) is 0 Å². The molecule has 0 aromatic carbocycles. The van der Waals surface area contributed by atoms with Crippen LogP contribution in [0.1, 0.15) is 291 Å². The fourth-order valence-electron chi connectivity index (χ4n) is 22.6. The highest BCUT2D eigenvalue weighted by Crippen LogP contribution is 2.61. The number of fused-ring (bicyclic) bond motifs is 6. The Labute approximate surface area is 591 Å². The molecule has 14 heteroatoms. The number of aliphatic hydroxyl groups is 2. The summed E-state index contributed by atoms with van der Waals surface area (Å²) in [5.41, 5.74) is 8.09. The Bertz CT molecular complexity index is 2820. The van der Waals surface area contributed by atoms with Crippen LogP contribution in [0.25, 0.3) is 0 Å². The first-order valence-corrected chi connectivity index (χ1v) is 38.5. The van der Waals surface area contributed by atoms with Gasteiger partial charge in [0.15, 0.2) is 0 Å². The zero-order chi connectivity index (χ0) is 72.3. The summed E-state index contributed by atoms with van der Waals surface area (Å²) in [5, 5.41) is 20.3. The van der Waals surface area contributed by atoms with E-state index in [0.29, 0.717) is 45.8 Å². The highest BCUT2D eigenvalue weighted by molar-refractivity contribution is 5.68. The monoisotopic (exact) mass is 1360 g/mol. The molecule has 11 fully saturated rings. The molecule has 0 spiro atoms. The second-order valence-electron chi connectivity index (χ2n) is 32.7. The predicted octanol–water partition coefficient (Wildman–Crippen LogP) is 18.4. The van der Waals surface area contributed by atoms with E-state index in [-0.39, 0.29) is 113 Å². The SMILES string of the molecule is C/C=C1/[CH+]CC2[C@@H](OC(C)=O)CCC[C@]12C.C/C=C1\CCC2[C@@H](OC(C)=O)CCC[C@]12C.C/C=C1\[C@@H](O)CC2[C@@H](OC(C)=O)CCC[C@]12C.C/C=C1\[C@H](O)CC2[C@@H](OC(C)=O)CCC[C@]12C.C=CC1CCC2[C@@H](OC(C)=O)CCC[C@]12C.CCC1=CCC2[C@@H](OC(C)=O)CCC[C@]12C. The van der Waals surface area contributed by atoms with E-state index in [0.717, 1.165) is 114 Å². The molecule has 0 saturated heterocycles. The zero-order valence-electron chi connectivity index (χ0n) is 63.8. The third kappa shape index (κ3) is 17.6. The maximum Gasteiger partial charge on any atom is 0.302 e. The van der Waals surface area contributed by atoms with Crippen LogP contribution in [0.5, 0.6) is 0 Å². The van der Waals surface area contributed by atoms with Gasteiger partial charge >= 0.3 is 35.8 Å². The van der Waals surface area contributed by atoms with Crippen LogP contribution in [0.2, 0.25) is 0 Å². The lowest BCUT2D eigenvalue weighted by Crippen LogP contribution is -2.41. The topological polar surface area (TPSA) is 198 Å². The molecule has 11 saturated carbocycles. The lowest BCUT2D eigenvalue weighted by atomic mass is 9.64. The van der Waals surface area contributed by atoms with Crippen LogP contribution in [-0.2, 0) is 57.2 Å². The fraction of sp³-hybridized carbons (Fsp3) is 0.774. The van der Waals surface area contributed by atoms with Crippen LogP contribution < -0.4 is 0 Å². The number of aliphatic hydroxyl groups excluding tert-OH is 2. The maximum atomic E-state index is 11.1. The number of carbonyl (C=O) groups is 6. The summed E-state index contributed by atoms with van der Waals surface area (Å²) in [4.78, 5) is 66.7. The molecule has 2 N–H and O–H groups in total. The highest BCUT2D eigenvalue weighted by Gasteiger charge is 2.57. The average Bonchev–Trinajstić information content (AvgIpc) is 1.52. The van der Waals surface area contributed by atoms with Crippen LogP contribution in [-0.4, -0.2) is 94.9 Å². The molecule has 0 heterocycles. The van der Waals surface area contributed by atoms with Crippen LogP contribution in [0.4, 0.5) is 0 Å². The van der Waals surface area contributed by atoms with Gasteiger partial charge in [0.1, 0.15) is 42.2 Å². The first-order chi connectivity index (χ1) is 46.3. The number of hydrogen-bond donors (Lipinski definition) is 2. The smallest absolute Gasteiger partial charge is 0.302 e. The van der Waals surface area contributed by atoms with Gasteiger partial charge in [-0.05, 0) is 232 Å². The Hall–Kier alpha value is -4.95. The molecular formula is C84H131O14+. The molecule has 98 heavy (non-hydrogen) atoms. The molecule has 0 aromatic heterocycles. The van der Waals surface area contributed by atoms with Gasteiger partial charge in [0.2, 0.25) is 0 Å². The number of rotatable bonds is 8. The van der Waals surface area contributed by atoms with Crippen LogP contribution in [0.3, 0.4) is 0 Å². The van der Waals surface area contributed by atoms with Gasteiger partial charge < -0.3 is 38.6 Å². The molecule has 550 valence electrons. The third-order valence-corrected chi connectivity index (χ3v) is 27.3. The van der Waals surface area contributed by atoms with E-state index in [1.54, 1.807) is 11.1 Å². The van der Waals surface area contributed by atoms with Crippen molar-refractivity contribution in [1.29, 1.82) is 0 Å². The van der Waals surface area contributed by atoms with Gasteiger partial charge in [0.05, 0.1) is 12.2 Å². The Balaban J connectivity index is 0.000000166. The highest BCUT2D eigenvalue weighted by atomic mass is 16.6. The lowest BCUT2D eigenvalue weighted by Gasteiger charge is -2.43. The van der Waals surface area contributed by atoms with Gasteiger partial charge in [-0.3, -0.25) is 28.8 Å². The predicted molar refractivity (Wildman–Crippen MR) is 386 cm³/mol. The Morgan fingerprint density at radius 1 is 0.459 bits per heavy atom. The molecule has 0 aromatic rings.